The molecule has 342 valence electrons. The molecule has 0 aliphatic carbocycles. The Bertz CT molecular complexity index is 1650. The number of carboxylic acids is 12. The molecule has 61 heavy (non-hydrogen) atoms. The average molecular weight is 883 g/mol. The molecule has 0 aliphatic rings. The summed E-state index contributed by atoms with van der Waals surface area (Å²) in [4.78, 5) is 125. The van der Waals surface area contributed by atoms with Gasteiger partial charge in [-0.2, -0.15) is 0 Å². The van der Waals surface area contributed by atoms with Crippen molar-refractivity contribution >= 4 is 71.6 Å². The molecule has 0 aromatic heterocycles. The van der Waals surface area contributed by atoms with Crippen LogP contribution in [0, 0.1) is 11.8 Å². The first-order valence-electron chi connectivity index (χ1n) is 17.0. The zero-order chi connectivity index (χ0) is 48.0. The van der Waals surface area contributed by atoms with Crippen LogP contribution in [-0.4, -0.2) is 163 Å². The van der Waals surface area contributed by atoms with Crippen LogP contribution in [0.4, 0.5) is 0 Å². The van der Waals surface area contributed by atoms with Gasteiger partial charge in [0.15, 0.2) is 0 Å². The van der Waals surface area contributed by atoms with Gasteiger partial charge >= 0.3 is 71.6 Å². The van der Waals surface area contributed by atoms with Gasteiger partial charge in [-0.3, -0.25) is 68.2 Å². The minimum absolute atomic E-state index is 0.0298. The van der Waals surface area contributed by atoms with Gasteiger partial charge in [-0.15, -0.1) is 0 Å². The van der Waals surface area contributed by atoms with Crippen LogP contribution < -0.4 is 10.6 Å². The maximum Gasteiger partial charge on any atom is 0.325 e. The maximum atomic E-state index is 11.1. The Kier molecular flexibility index (Phi) is 30.2. The standard InChI is InChI=1S/C12H13NO6.C8H12O6.C7H11NO7.C7H10O6/c14-9(15)6-8(11(16)17)13-10(12(18)19)7-4-2-1-3-5-7;9-6(10)3-1-5(8(13)14)2-4-7(11)12;9-2-4(7(14)15)8-3(6(12)13)1-5(10)11;8-5(9)2-1-4(7(12)13)3-6(10)11/h1-5,8,10,13H,6H2,(H,14,15)(H,16,17)(H,18,19);5H,1-4H2,(H,9,10)(H,11,12)(H,13,14);3-4,8-9H,1-2H2,(H,10,11)(H,12,13)(H,14,15);4H,1-3H2,(H,8,9)(H,10,11)(H,12,13). The summed E-state index contributed by atoms with van der Waals surface area (Å²) in [5.41, 5.74) is 0.353. The Hall–Kier alpha value is -7.26. The third-order valence-corrected chi connectivity index (χ3v) is 7.22. The lowest BCUT2D eigenvalue weighted by atomic mass is 9.98. The second-order valence-electron chi connectivity index (χ2n) is 12.0. The van der Waals surface area contributed by atoms with Crippen molar-refractivity contribution in [2.24, 2.45) is 11.8 Å². The highest BCUT2D eigenvalue weighted by atomic mass is 16.4. The number of benzene rings is 1. The zero-order valence-corrected chi connectivity index (χ0v) is 31.6. The van der Waals surface area contributed by atoms with Crippen molar-refractivity contribution in [1.29, 1.82) is 0 Å². The molecule has 15 N–H and O–H groups in total. The monoisotopic (exact) mass is 882 g/mol. The molecular formula is C34H46N2O25. The first-order chi connectivity index (χ1) is 28.2. The molecule has 0 spiro atoms. The number of aliphatic hydroxyl groups excluding tert-OH is 1. The highest BCUT2D eigenvalue weighted by molar-refractivity contribution is 5.83. The second kappa shape index (κ2) is 31.7. The fraction of sp³-hybridized carbons (Fsp3) is 0.471. The van der Waals surface area contributed by atoms with E-state index in [2.05, 4.69) is 5.32 Å². The number of hydrogen-bond acceptors (Lipinski definition) is 15. The smallest absolute Gasteiger partial charge is 0.325 e. The van der Waals surface area contributed by atoms with Crippen molar-refractivity contribution < 1.29 is 124 Å². The van der Waals surface area contributed by atoms with E-state index in [-0.39, 0.29) is 38.5 Å². The first-order valence-corrected chi connectivity index (χ1v) is 17.0. The average Bonchev–Trinajstić information content (AvgIpc) is 3.13. The van der Waals surface area contributed by atoms with Crippen molar-refractivity contribution in [3.8, 4) is 0 Å². The summed E-state index contributed by atoms with van der Waals surface area (Å²) in [5.74, 6) is -17.3. The molecule has 1 aromatic rings. The van der Waals surface area contributed by atoms with E-state index in [1.54, 1.807) is 18.2 Å². The van der Waals surface area contributed by atoms with E-state index in [0.717, 1.165) is 0 Å². The molecule has 0 saturated heterocycles. The summed E-state index contributed by atoms with van der Waals surface area (Å²) in [6.07, 6.45) is -3.06. The van der Waals surface area contributed by atoms with Gasteiger partial charge < -0.3 is 66.4 Å². The summed E-state index contributed by atoms with van der Waals surface area (Å²) in [5, 5.41) is 115. The summed E-state index contributed by atoms with van der Waals surface area (Å²) < 4.78 is 0. The molecular weight excluding hydrogens is 836 g/mol. The van der Waals surface area contributed by atoms with Crippen LogP contribution in [-0.2, 0) is 57.5 Å². The van der Waals surface area contributed by atoms with Gasteiger partial charge in [0.2, 0.25) is 0 Å². The Labute approximate surface area is 342 Å². The topological polar surface area (TPSA) is 492 Å². The Morgan fingerprint density at radius 2 is 0.738 bits per heavy atom. The zero-order valence-electron chi connectivity index (χ0n) is 31.6. The summed E-state index contributed by atoms with van der Waals surface area (Å²) in [6, 6.07) is 2.16. The highest BCUT2D eigenvalue weighted by Crippen LogP contribution is 2.16. The lowest BCUT2D eigenvalue weighted by Crippen LogP contribution is -2.49. The molecule has 0 aliphatic heterocycles. The molecule has 27 nitrogen and oxygen atoms in total. The maximum absolute atomic E-state index is 11.1. The lowest BCUT2D eigenvalue weighted by molar-refractivity contribution is -0.149. The lowest BCUT2D eigenvalue weighted by Gasteiger charge is -2.19. The number of nitrogens with one attached hydrogen (secondary N) is 2. The number of aliphatic carboxylic acids is 12. The fourth-order valence-corrected chi connectivity index (χ4v) is 4.19. The van der Waals surface area contributed by atoms with Gasteiger partial charge in [-0.05, 0) is 24.8 Å². The fourth-order valence-electron chi connectivity index (χ4n) is 4.19. The Balaban J connectivity index is -0.000000744. The van der Waals surface area contributed by atoms with E-state index in [9.17, 15) is 57.5 Å². The van der Waals surface area contributed by atoms with Crippen LogP contribution in [0.25, 0.3) is 0 Å². The Morgan fingerprint density at radius 3 is 1.02 bits per heavy atom. The summed E-state index contributed by atoms with van der Waals surface area (Å²) in [7, 11) is 0. The minimum atomic E-state index is -1.55. The molecule has 5 unspecified atom stereocenters. The number of carboxylic acid groups (broad SMARTS) is 12. The highest BCUT2D eigenvalue weighted by Gasteiger charge is 2.29. The van der Waals surface area contributed by atoms with E-state index in [4.69, 9.17) is 66.4 Å². The van der Waals surface area contributed by atoms with Crippen LogP contribution >= 0.6 is 0 Å². The predicted molar refractivity (Wildman–Crippen MR) is 194 cm³/mol. The van der Waals surface area contributed by atoms with Crippen molar-refractivity contribution in [3.05, 3.63) is 35.9 Å². The third kappa shape index (κ3) is 31.4. The van der Waals surface area contributed by atoms with E-state index in [1.165, 1.54) is 12.1 Å². The van der Waals surface area contributed by atoms with E-state index >= 15 is 0 Å². The molecule has 0 radical (unpaired) electrons. The minimum Gasteiger partial charge on any atom is -0.481 e. The van der Waals surface area contributed by atoms with Gasteiger partial charge in [0, 0.05) is 19.3 Å². The van der Waals surface area contributed by atoms with E-state index in [1.807, 2.05) is 5.32 Å². The van der Waals surface area contributed by atoms with Crippen LogP contribution in [0.5, 0.6) is 0 Å². The Morgan fingerprint density at radius 1 is 0.393 bits per heavy atom. The molecule has 5 atom stereocenters. The molecule has 0 bridgehead atoms. The molecule has 1 aromatic carbocycles. The molecule has 0 amide bonds. The number of hydrogen-bond donors (Lipinski definition) is 15. The van der Waals surface area contributed by atoms with Crippen LogP contribution in [0.1, 0.15) is 69.4 Å². The van der Waals surface area contributed by atoms with Gasteiger partial charge in [0.1, 0.15) is 24.2 Å². The summed E-state index contributed by atoms with van der Waals surface area (Å²) >= 11 is 0. The normalized spacial score (nSPS) is 12.6. The van der Waals surface area contributed by atoms with Gasteiger partial charge in [-0.1, -0.05) is 30.3 Å². The molecule has 1 rings (SSSR count). The second-order valence-corrected chi connectivity index (χ2v) is 12.0. The van der Waals surface area contributed by atoms with E-state index in [0.29, 0.717) is 5.56 Å². The third-order valence-electron chi connectivity index (χ3n) is 7.22. The van der Waals surface area contributed by atoms with Gasteiger partial charge in [-0.25, -0.2) is 0 Å². The van der Waals surface area contributed by atoms with Gasteiger partial charge in [0.25, 0.3) is 0 Å². The van der Waals surface area contributed by atoms with Crippen molar-refractivity contribution in [3.63, 3.8) is 0 Å². The number of carbonyl (C=O) groups is 12. The van der Waals surface area contributed by atoms with E-state index < -0.39 is 134 Å². The van der Waals surface area contributed by atoms with Crippen LogP contribution in [0.3, 0.4) is 0 Å². The van der Waals surface area contributed by atoms with Crippen molar-refractivity contribution in [2.75, 3.05) is 6.61 Å². The van der Waals surface area contributed by atoms with Crippen LogP contribution in [0.2, 0.25) is 0 Å². The number of rotatable bonds is 27. The van der Waals surface area contributed by atoms with Crippen molar-refractivity contribution in [2.45, 2.75) is 82.0 Å². The predicted octanol–water partition coefficient (Wildman–Crippen LogP) is -1.28. The molecule has 0 saturated carbocycles. The number of aliphatic hydroxyl groups is 1. The largest absolute Gasteiger partial charge is 0.481 e. The van der Waals surface area contributed by atoms with Crippen LogP contribution in [0.15, 0.2) is 30.3 Å². The SMILES string of the molecule is O=C(O)CC(NC(C(=O)O)c1ccccc1)C(=O)O.O=C(O)CC(NC(CO)C(=O)O)C(=O)O.O=C(O)CCC(CC(=O)O)C(=O)O.O=C(O)CCC(CCC(=O)O)C(=O)O. The van der Waals surface area contributed by atoms with Crippen molar-refractivity contribution in [1.82, 2.24) is 10.6 Å². The molecule has 0 fully saturated rings. The summed E-state index contributed by atoms with van der Waals surface area (Å²) in [6.45, 7) is -0.821. The quantitative estimate of drug-likeness (QED) is 0.0489. The first kappa shape index (κ1) is 58.1. The molecule has 0 heterocycles. The molecule has 27 heteroatoms. The van der Waals surface area contributed by atoms with Gasteiger partial charge in [0.05, 0.1) is 37.7 Å².